The van der Waals surface area contributed by atoms with Gasteiger partial charge in [0.05, 0.1) is 6.54 Å². The minimum Gasteiger partial charge on any atom is -0.319 e. The van der Waals surface area contributed by atoms with Crippen molar-refractivity contribution in [1.29, 1.82) is 0 Å². The molecule has 5 heteroatoms. The third-order valence-electron chi connectivity index (χ3n) is 5.02. The molecule has 134 valence electrons. The van der Waals surface area contributed by atoms with Crippen molar-refractivity contribution in [3.63, 3.8) is 0 Å². The van der Waals surface area contributed by atoms with Gasteiger partial charge in [0, 0.05) is 18.0 Å². The lowest BCUT2D eigenvalue weighted by Crippen LogP contribution is -2.29. The molecule has 0 bridgehead atoms. The van der Waals surface area contributed by atoms with Gasteiger partial charge in [0.1, 0.15) is 0 Å². The van der Waals surface area contributed by atoms with Crippen molar-refractivity contribution in [3.8, 4) is 0 Å². The Morgan fingerprint density at radius 3 is 2.85 bits per heavy atom. The van der Waals surface area contributed by atoms with Crippen LogP contribution >= 0.6 is 11.3 Å². The molecule has 1 aliphatic heterocycles. The smallest absolute Gasteiger partial charge is 0.248 e. The molecule has 0 radical (unpaired) electrons. The molecule has 3 aromatic rings. The van der Waals surface area contributed by atoms with E-state index in [1.807, 2.05) is 11.6 Å². The fraction of sp³-hybridized carbons (Fsp3) is 0.333. The van der Waals surface area contributed by atoms with Crippen LogP contribution in [0.3, 0.4) is 0 Å². The normalized spacial score (nSPS) is 16.2. The van der Waals surface area contributed by atoms with Crippen molar-refractivity contribution in [2.75, 3.05) is 13.1 Å². The number of amides is 1. The van der Waals surface area contributed by atoms with Gasteiger partial charge >= 0.3 is 0 Å². The zero-order valence-corrected chi connectivity index (χ0v) is 15.5. The van der Waals surface area contributed by atoms with Crippen LogP contribution in [0.5, 0.6) is 0 Å². The molecule has 0 atom stereocenters. The fourth-order valence-electron chi connectivity index (χ4n) is 3.61. The SMILES string of the molecule is O=C(CC1CCNCC1)N=c1sccn1Cc1cccc2ccccc12. The van der Waals surface area contributed by atoms with Gasteiger partial charge in [-0.25, -0.2) is 0 Å². The van der Waals surface area contributed by atoms with Crippen LogP contribution in [0.25, 0.3) is 10.8 Å². The molecule has 0 aliphatic carbocycles. The van der Waals surface area contributed by atoms with E-state index in [2.05, 4.69) is 57.3 Å². The van der Waals surface area contributed by atoms with Crippen LogP contribution in [-0.2, 0) is 11.3 Å². The van der Waals surface area contributed by atoms with Crippen LogP contribution < -0.4 is 10.1 Å². The van der Waals surface area contributed by atoms with Crippen molar-refractivity contribution in [3.05, 3.63) is 64.4 Å². The van der Waals surface area contributed by atoms with E-state index in [0.29, 0.717) is 12.3 Å². The van der Waals surface area contributed by atoms with Crippen molar-refractivity contribution in [1.82, 2.24) is 9.88 Å². The maximum Gasteiger partial charge on any atom is 0.248 e. The first-order valence-electron chi connectivity index (χ1n) is 9.18. The van der Waals surface area contributed by atoms with Gasteiger partial charge in [0.2, 0.25) is 5.91 Å². The van der Waals surface area contributed by atoms with Crippen molar-refractivity contribution >= 4 is 28.0 Å². The predicted octanol–water partition coefficient (Wildman–Crippen LogP) is 3.57. The lowest BCUT2D eigenvalue weighted by Gasteiger charge is -2.20. The van der Waals surface area contributed by atoms with Gasteiger partial charge in [0.15, 0.2) is 4.80 Å². The second-order valence-electron chi connectivity index (χ2n) is 6.85. The van der Waals surface area contributed by atoms with E-state index in [0.717, 1.165) is 37.3 Å². The number of rotatable bonds is 4. The Morgan fingerprint density at radius 1 is 1.15 bits per heavy atom. The summed E-state index contributed by atoms with van der Waals surface area (Å²) in [5.74, 6) is 0.477. The maximum atomic E-state index is 12.4. The Kier molecular flexibility index (Phi) is 5.27. The van der Waals surface area contributed by atoms with Crippen molar-refractivity contribution in [2.45, 2.75) is 25.8 Å². The Morgan fingerprint density at radius 2 is 1.96 bits per heavy atom. The monoisotopic (exact) mass is 365 g/mol. The first kappa shape index (κ1) is 17.2. The molecule has 26 heavy (non-hydrogen) atoms. The highest BCUT2D eigenvalue weighted by atomic mass is 32.1. The molecule has 4 nitrogen and oxygen atoms in total. The lowest BCUT2D eigenvalue weighted by atomic mass is 9.94. The topological polar surface area (TPSA) is 46.4 Å². The third-order valence-corrected chi connectivity index (χ3v) is 5.82. The summed E-state index contributed by atoms with van der Waals surface area (Å²) >= 11 is 1.53. The Labute approximate surface area is 157 Å². The van der Waals surface area contributed by atoms with E-state index in [9.17, 15) is 4.79 Å². The van der Waals surface area contributed by atoms with E-state index < -0.39 is 0 Å². The molecule has 2 aromatic carbocycles. The zero-order chi connectivity index (χ0) is 17.8. The Bertz CT molecular complexity index is 961. The average molecular weight is 366 g/mol. The van der Waals surface area contributed by atoms with E-state index in [1.165, 1.54) is 27.7 Å². The molecule has 0 spiro atoms. The summed E-state index contributed by atoms with van der Waals surface area (Å²) in [6.07, 6.45) is 4.72. The van der Waals surface area contributed by atoms with Gasteiger partial charge in [-0.15, -0.1) is 11.3 Å². The lowest BCUT2D eigenvalue weighted by molar-refractivity contribution is -0.119. The van der Waals surface area contributed by atoms with Crippen LogP contribution in [-0.4, -0.2) is 23.6 Å². The summed E-state index contributed by atoms with van der Waals surface area (Å²) < 4.78 is 2.08. The predicted molar refractivity (Wildman–Crippen MR) is 106 cm³/mol. The molecule has 4 rings (SSSR count). The Hall–Kier alpha value is -2.24. The maximum absolute atomic E-state index is 12.4. The number of aromatic nitrogens is 1. The van der Waals surface area contributed by atoms with Gasteiger partial charge in [-0.05, 0) is 48.2 Å². The van der Waals surface area contributed by atoms with Gasteiger partial charge in [-0.2, -0.15) is 4.99 Å². The van der Waals surface area contributed by atoms with E-state index >= 15 is 0 Å². The second-order valence-corrected chi connectivity index (χ2v) is 7.73. The summed E-state index contributed by atoms with van der Waals surface area (Å²) in [7, 11) is 0. The van der Waals surface area contributed by atoms with Crippen LogP contribution in [0.4, 0.5) is 0 Å². The molecule has 1 aliphatic rings. The van der Waals surface area contributed by atoms with Gasteiger partial charge < -0.3 is 9.88 Å². The number of benzene rings is 2. The van der Waals surface area contributed by atoms with E-state index in [-0.39, 0.29) is 5.91 Å². The highest BCUT2D eigenvalue weighted by molar-refractivity contribution is 7.07. The largest absolute Gasteiger partial charge is 0.319 e. The summed E-state index contributed by atoms with van der Waals surface area (Å²) in [6.45, 7) is 2.75. The molecular formula is C21H23N3OS. The molecule has 0 unspecified atom stereocenters. The number of hydrogen-bond acceptors (Lipinski definition) is 3. The number of nitrogens with one attached hydrogen (secondary N) is 1. The number of fused-ring (bicyclic) bond motifs is 1. The van der Waals surface area contributed by atoms with Crippen molar-refractivity contribution < 1.29 is 4.79 Å². The van der Waals surface area contributed by atoms with Gasteiger partial charge in [-0.1, -0.05) is 42.5 Å². The highest BCUT2D eigenvalue weighted by Gasteiger charge is 2.16. The number of carbonyl (C=O) groups excluding carboxylic acids is 1. The highest BCUT2D eigenvalue weighted by Crippen LogP contribution is 2.19. The van der Waals surface area contributed by atoms with Gasteiger partial charge in [-0.3, -0.25) is 4.79 Å². The first-order valence-corrected chi connectivity index (χ1v) is 10.1. The van der Waals surface area contributed by atoms with Crippen molar-refractivity contribution in [2.24, 2.45) is 10.9 Å². The van der Waals surface area contributed by atoms with Crippen LogP contribution in [0.2, 0.25) is 0 Å². The van der Waals surface area contributed by atoms with E-state index in [1.54, 1.807) is 0 Å². The molecular weight excluding hydrogens is 342 g/mol. The van der Waals surface area contributed by atoms with Crippen LogP contribution in [0.15, 0.2) is 59.0 Å². The Balaban J connectivity index is 1.55. The molecule has 1 N–H and O–H groups in total. The average Bonchev–Trinajstić information content (AvgIpc) is 3.09. The second kappa shape index (κ2) is 7.98. The van der Waals surface area contributed by atoms with Crippen LogP contribution in [0, 0.1) is 5.92 Å². The minimum atomic E-state index is 0.00557. The molecule has 1 saturated heterocycles. The van der Waals surface area contributed by atoms with Gasteiger partial charge in [0.25, 0.3) is 0 Å². The quantitative estimate of drug-likeness (QED) is 0.768. The minimum absolute atomic E-state index is 0.00557. The molecule has 0 saturated carbocycles. The standard InChI is InChI=1S/C21H23N3OS/c25-20(14-16-8-10-22-11-9-16)23-21-24(12-13-26-21)15-18-6-3-5-17-4-1-2-7-19(17)18/h1-7,12-13,16,22H,8-11,14-15H2. The molecule has 1 aromatic heterocycles. The summed E-state index contributed by atoms with van der Waals surface area (Å²) in [5, 5.41) is 7.83. The summed E-state index contributed by atoms with van der Waals surface area (Å²) in [4.78, 5) is 17.6. The molecule has 2 heterocycles. The number of carbonyl (C=O) groups is 1. The number of piperidine rings is 1. The fourth-order valence-corrected chi connectivity index (χ4v) is 4.35. The molecule has 1 fully saturated rings. The molecule has 1 amide bonds. The number of hydrogen-bond donors (Lipinski definition) is 1. The zero-order valence-electron chi connectivity index (χ0n) is 14.7. The van der Waals surface area contributed by atoms with Crippen LogP contribution in [0.1, 0.15) is 24.8 Å². The number of nitrogens with zero attached hydrogens (tertiary/aromatic N) is 2. The third kappa shape index (κ3) is 3.94. The first-order chi connectivity index (χ1) is 12.8. The number of thiazole rings is 1. The van der Waals surface area contributed by atoms with E-state index in [4.69, 9.17) is 0 Å². The summed E-state index contributed by atoms with van der Waals surface area (Å²) in [6, 6.07) is 14.8. The summed E-state index contributed by atoms with van der Waals surface area (Å²) in [5.41, 5.74) is 1.24.